The molecule has 0 heterocycles. The number of anilines is 1. The van der Waals surface area contributed by atoms with Crippen molar-refractivity contribution < 1.29 is 14.5 Å². The van der Waals surface area contributed by atoms with Gasteiger partial charge in [0.2, 0.25) is 5.91 Å². The minimum absolute atomic E-state index is 0.0306. The van der Waals surface area contributed by atoms with E-state index in [9.17, 15) is 19.7 Å². The summed E-state index contributed by atoms with van der Waals surface area (Å²) in [5, 5.41) is 18.9. The third-order valence-corrected chi connectivity index (χ3v) is 3.18. The summed E-state index contributed by atoms with van der Waals surface area (Å²) in [6.07, 6.45) is 0.465. The third kappa shape index (κ3) is 6.51. The highest BCUT2D eigenvalue weighted by Gasteiger charge is 2.20. The molecule has 0 unspecified atom stereocenters. The standard InChI is InChI=1S/C15H23N5O4/c1-10(2)9-12(19-15(16)22)14(21)18-8-7-17-11-5-3-4-6-13(11)20(23)24/h3-6,10,12,17H,7-9H2,1-2H3,(H,18,21)(H3,16,19,22)/t12-/m0/s1. The molecule has 1 aromatic carbocycles. The lowest BCUT2D eigenvalue weighted by Gasteiger charge is -2.19. The van der Waals surface area contributed by atoms with Gasteiger partial charge in [-0.25, -0.2) is 4.79 Å². The van der Waals surface area contributed by atoms with Gasteiger partial charge in [-0.15, -0.1) is 0 Å². The zero-order valence-corrected chi connectivity index (χ0v) is 13.7. The van der Waals surface area contributed by atoms with Crippen LogP contribution in [0.15, 0.2) is 24.3 Å². The zero-order valence-electron chi connectivity index (χ0n) is 13.7. The maximum atomic E-state index is 12.1. The molecule has 1 aromatic rings. The molecule has 132 valence electrons. The lowest BCUT2D eigenvalue weighted by Crippen LogP contribution is -2.49. The van der Waals surface area contributed by atoms with Gasteiger partial charge in [0.1, 0.15) is 11.7 Å². The van der Waals surface area contributed by atoms with Crippen LogP contribution < -0.4 is 21.7 Å². The van der Waals surface area contributed by atoms with E-state index in [4.69, 9.17) is 5.73 Å². The summed E-state index contributed by atoms with van der Waals surface area (Å²) in [4.78, 5) is 33.5. The predicted octanol–water partition coefficient (Wildman–Crippen LogP) is 1.21. The molecule has 0 aliphatic heterocycles. The van der Waals surface area contributed by atoms with Gasteiger partial charge < -0.3 is 21.7 Å². The van der Waals surface area contributed by atoms with Crippen molar-refractivity contribution in [3.05, 3.63) is 34.4 Å². The molecule has 0 spiro atoms. The Labute approximate surface area is 140 Å². The summed E-state index contributed by atoms with van der Waals surface area (Å²) in [7, 11) is 0. The second-order valence-corrected chi connectivity index (χ2v) is 5.68. The molecule has 0 bridgehead atoms. The highest BCUT2D eigenvalue weighted by molar-refractivity contribution is 5.86. The maximum absolute atomic E-state index is 12.1. The number of primary amides is 1. The molecular weight excluding hydrogens is 314 g/mol. The Morgan fingerprint density at radius 3 is 2.50 bits per heavy atom. The fourth-order valence-corrected chi connectivity index (χ4v) is 2.16. The normalized spacial score (nSPS) is 11.6. The van der Waals surface area contributed by atoms with Crippen LogP contribution in [0.4, 0.5) is 16.2 Å². The molecule has 0 radical (unpaired) electrons. The summed E-state index contributed by atoms with van der Waals surface area (Å²) in [6.45, 7) is 4.42. The number of amides is 3. The molecule has 3 amide bonds. The SMILES string of the molecule is CC(C)C[C@H](NC(N)=O)C(=O)NCCNc1ccccc1[N+](=O)[O-]. The smallest absolute Gasteiger partial charge is 0.312 e. The van der Waals surface area contributed by atoms with Crippen molar-refractivity contribution in [1.29, 1.82) is 0 Å². The van der Waals surface area contributed by atoms with E-state index in [0.717, 1.165) is 0 Å². The molecule has 1 rings (SSSR count). The Morgan fingerprint density at radius 2 is 1.92 bits per heavy atom. The highest BCUT2D eigenvalue weighted by Crippen LogP contribution is 2.22. The summed E-state index contributed by atoms with van der Waals surface area (Å²) >= 11 is 0. The molecule has 0 aliphatic carbocycles. The number of nitrogens with two attached hydrogens (primary N) is 1. The quantitative estimate of drug-likeness (QED) is 0.304. The second kappa shape index (κ2) is 9.33. The van der Waals surface area contributed by atoms with Gasteiger partial charge in [-0.3, -0.25) is 14.9 Å². The van der Waals surface area contributed by atoms with Crippen molar-refractivity contribution in [2.45, 2.75) is 26.3 Å². The van der Waals surface area contributed by atoms with Crippen molar-refractivity contribution in [1.82, 2.24) is 10.6 Å². The number of hydrogen-bond donors (Lipinski definition) is 4. The highest BCUT2D eigenvalue weighted by atomic mass is 16.6. The van der Waals surface area contributed by atoms with Crippen LogP contribution in [-0.4, -0.2) is 36.0 Å². The zero-order chi connectivity index (χ0) is 18.1. The third-order valence-electron chi connectivity index (χ3n) is 3.18. The van der Waals surface area contributed by atoms with Crippen molar-refractivity contribution in [2.75, 3.05) is 18.4 Å². The molecule has 5 N–H and O–H groups in total. The number of nitro groups is 1. The average Bonchev–Trinajstić information content (AvgIpc) is 2.50. The van der Waals surface area contributed by atoms with Crippen molar-refractivity contribution >= 4 is 23.3 Å². The fraction of sp³-hybridized carbons (Fsp3) is 0.467. The Hall–Kier alpha value is -2.84. The number of nitrogens with zero attached hydrogens (tertiary/aromatic N) is 1. The first kappa shape index (κ1) is 19.2. The van der Waals surface area contributed by atoms with E-state index in [-0.39, 0.29) is 24.1 Å². The second-order valence-electron chi connectivity index (χ2n) is 5.68. The van der Waals surface area contributed by atoms with E-state index in [2.05, 4.69) is 16.0 Å². The van der Waals surface area contributed by atoms with Gasteiger partial charge >= 0.3 is 6.03 Å². The first-order valence-electron chi connectivity index (χ1n) is 7.62. The molecule has 0 saturated heterocycles. The summed E-state index contributed by atoms with van der Waals surface area (Å²) in [5.41, 5.74) is 5.43. The molecule has 1 atom stereocenters. The van der Waals surface area contributed by atoms with Crippen LogP contribution in [0.5, 0.6) is 0 Å². The molecular formula is C15H23N5O4. The lowest BCUT2D eigenvalue weighted by molar-refractivity contribution is -0.384. The largest absolute Gasteiger partial charge is 0.378 e. The number of nitro benzene ring substituents is 1. The summed E-state index contributed by atoms with van der Waals surface area (Å²) < 4.78 is 0. The van der Waals surface area contributed by atoms with Crippen molar-refractivity contribution in [3.8, 4) is 0 Å². The first-order valence-corrected chi connectivity index (χ1v) is 7.62. The van der Waals surface area contributed by atoms with E-state index in [1.165, 1.54) is 6.07 Å². The average molecular weight is 337 g/mol. The number of carbonyl (C=O) groups excluding carboxylic acids is 2. The molecule has 0 aromatic heterocycles. The Balaban J connectivity index is 2.49. The van der Waals surface area contributed by atoms with Gasteiger partial charge in [0.15, 0.2) is 0 Å². The predicted molar refractivity (Wildman–Crippen MR) is 90.6 cm³/mol. The van der Waals surface area contributed by atoms with E-state index in [1.807, 2.05) is 13.8 Å². The van der Waals surface area contributed by atoms with Gasteiger partial charge in [-0.1, -0.05) is 26.0 Å². The minimum atomic E-state index is -0.756. The van der Waals surface area contributed by atoms with Crippen LogP contribution >= 0.6 is 0 Å². The number of carbonyl (C=O) groups is 2. The molecule has 24 heavy (non-hydrogen) atoms. The first-order chi connectivity index (χ1) is 11.3. The molecule has 0 aliphatic rings. The Kier molecular flexibility index (Phi) is 7.47. The minimum Gasteiger partial charge on any atom is -0.378 e. The van der Waals surface area contributed by atoms with Gasteiger partial charge in [-0.2, -0.15) is 0 Å². The van der Waals surface area contributed by atoms with Crippen LogP contribution in [0.1, 0.15) is 20.3 Å². The fourth-order valence-electron chi connectivity index (χ4n) is 2.16. The topological polar surface area (TPSA) is 139 Å². The van der Waals surface area contributed by atoms with Crippen LogP contribution in [0.2, 0.25) is 0 Å². The molecule has 9 heteroatoms. The van der Waals surface area contributed by atoms with E-state index < -0.39 is 17.0 Å². The Bertz CT molecular complexity index is 591. The van der Waals surface area contributed by atoms with Gasteiger partial charge in [0.05, 0.1) is 4.92 Å². The number of nitrogens with one attached hydrogen (secondary N) is 3. The van der Waals surface area contributed by atoms with E-state index in [1.54, 1.807) is 18.2 Å². The number of rotatable bonds is 9. The molecule has 0 saturated carbocycles. The maximum Gasteiger partial charge on any atom is 0.312 e. The number of urea groups is 1. The van der Waals surface area contributed by atoms with Gasteiger partial charge in [0, 0.05) is 19.2 Å². The van der Waals surface area contributed by atoms with Gasteiger partial charge in [-0.05, 0) is 18.4 Å². The van der Waals surface area contributed by atoms with Crippen molar-refractivity contribution in [3.63, 3.8) is 0 Å². The van der Waals surface area contributed by atoms with Crippen LogP contribution in [0.3, 0.4) is 0 Å². The monoisotopic (exact) mass is 337 g/mol. The summed E-state index contributed by atoms with van der Waals surface area (Å²) in [6, 6.07) is 4.80. The number of hydrogen-bond acceptors (Lipinski definition) is 5. The van der Waals surface area contributed by atoms with E-state index in [0.29, 0.717) is 18.7 Å². The number of benzene rings is 1. The molecule has 0 fully saturated rings. The summed E-state index contributed by atoms with van der Waals surface area (Å²) in [5.74, 6) is -0.135. The molecule has 9 nitrogen and oxygen atoms in total. The number of para-hydroxylation sites is 2. The van der Waals surface area contributed by atoms with Gasteiger partial charge in [0.25, 0.3) is 5.69 Å². The van der Waals surface area contributed by atoms with Crippen molar-refractivity contribution in [2.24, 2.45) is 11.7 Å². The van der Waals surface area contributed by atoms with Crippen LogP contribution in [0, 0.1) is 16.0 Å². The van der Waals surface area contributed by atoms with Crippen LogP contribution in [-0.2, 0) is 4.79 Å². The Morgan fingerprint density at radius 1 is 1.25 bits per heavy atom. The van der Waals surface area contributed by atoms with Crippen LogP contribution in [0.25, 0.3) is 0 Å². The lowest BCUT2D eigenvalue weighted by atomic mass is 10.0. The van der Waals surface area contributed by atoms with E-state index >= 15 is 0 Å².